The Labute approximate surface area is 188 Å². The molecule has 0 spiro atoms. The number of likely N-dealkylation sites (tertiary alicyclic amines) is 1. The van der Waals surface area contributed by atoms with E-state index in [1.54, 1.807) is 42.0 Å². The summed E-state index contributed by atoms with van der Waals surface area (Å²) in [7, 11) is 0. The Hall–Kier alpha value is -2.93. The molecule has 7 heteroatoms. The van der Waals surface area contributed by atoms with Crippen molar-refractivity contribution in [1.29, 1.82) is 0 Å². The summed E-state index contributed by atoms with van der Waals surface area (Å²) in [5.74, 6) is -0.442. The number of carbonyl (C=O) groups is 2. The van der Waals surface area contributed by atoms with Gasteiger partial charge in [0.15, 0.2) is 0 Å². The molecule has 0 radical (unpaired) electrons. The van der Waals surface area contributed by atoms with Crippen LogP contribution in [0.25, 0.3) is 0 Å². The number of pyridine rings is 1. The topological polar surface area (TPSA) is 83.4 Å². The van der Waals surface area contributed by atoms with Crippen molar-refractivity contribution in [2.75, 3.05) is 31.5 Å². The van der Waals surface area contributed by atoms with Crippen LogP contribution < -0.4 is 16.2 Å². The molecule has 4 rings (SSSR count). The lowest BCUT2D eigenvalue weighted by Crippen LogP contribution is -2.37. The Kier molecular flexibility index (Phi) is 7.05. The molecule has 2 saturated heterocycles. The molecule has 0 aliphatic carbocycles. The highest BCUT2D eigenvalue weighted by Gasteiger charge is 2.22. The molecule has 1 aromatic heterocycles. The second-order valence-electron chi connectivity index (χ2n) is 8.81. The van der Waals surface area contributed by atoms with E-state index in [-0.39, 0.29) is 23.1 Å². The summed E-state index contributed by atoms with van der Waals surface area (Å²) in [6, 6.07) is 8.94. The molecule has 7 nitrogen and oxygen atoms in total. The number of aromatic nitrogens is 1. The molecule has 2 aromatic rings. The zero-order chi connectivity index (χ0) is 22.5. The summed E-state index contributed by atoms with van der Waals surface area (Å²) in [5.41, 5.74) is 1.63. The van der Waals surface area contributed by atoms with Gasteiger partial charge in [-0.05, 0) is 75.5 Å². The van der Waals surface area contributed by atoms with Crippen molar-refractivity contribution < 1.29 is 9.59 Å². The summed E-state index contributed by atoms with van der Waals surface area (Å²) in [6.07, 6.45) is 7.90. The van der Waals surface area contributed by atoms with Crippen molar-refractivity contribution in [2.24, 2.45) is 0 Å². The quantitative estimate of drug-likeness (QED) is 0.770. The van der Waals surface area contributed by atoms with Crippen LogP contribution in [0.15, 0.2) is 41.3 Å². The Balaban J connectivity index is 1.53. The maximum Gasteiger partial charge on any atom is 0.263 e. The fourth-order valence-corrected chi connectivity index (χ4v) is 4.67. The number of aryl methyl sites for hydroxylation is 1. The number of amides is 2. The van der Waals surface area contributed by atoms with E-state index >= 15 is 0 Å². The summed E-state index contributed by atoms with van der Waals surface area (Å²) in [6.45, 7) is 5.06. The van der Waals surface area contributed by atoms with Crippen LogP contribution in [0.2, 0.25) is 0 Å². The Morgan fingerprint density at radius 3 is 2.47 bits per heavy atom. The minimum absolute atomic E-state index is 0.00726. The van der Waals surface area contributed by atoms with Gasteiger partial charge in [0.2, 0.25) is 0 Å². The molecule has 170 valence electrons. The summed E-state index contributed by atoms with van der Waals surface area (Å²) >= 11 is 0. The van der Waals surface area contributed by atoms with Gasteiger partial charge in [-0.2, -0.15) is 0 Å². The highest BCUT2D eigenvalue weighted by Crippen LogP contribution is 2.19. The van der Waals surface area contributed by atoms with E-state index in [9.17, 15) is 14.4 Å². The number of anilines is 1. The molecular weight excluding hydrogens is 404 g/mol. The van der Waals surface area contributed by atoms with Gasteiger partial charge in [-0.25, -0.2) is 0 Å². The first kappa shape index (κ1) is 22.3. The van der Waals surface area contributed by atoms with Crippen molar-refractivity contribution in [2.45, 2.75) is 51.5 Å². The first-order valence-corrected chi connectivity index (χ1v) is 11.7. The van der Waals surface area contributed by atoms with E-state index in [2.05, 4.69) is 10.6 Å². The number of hydrogen-bond donors (Lipinski definition) is 2. The van der Waals surface area contributed by atoms with Crippen LogP contribution in [0, 0.1) is 6.92 Å². The van der Waals surface area contributed by atoms with Crippen LogP contribution in [0.3, 0.4) is 0 Å². The molecule has 3 heterocycles. The average molecular weight is 437 g/mol. The molecule has 0 atom stereocenters. The summed E-state index contributed by atoms with van der Waals surface area (Å²) < 4.78 is 1.70. The minimum atomic E-state index is -0.435. The monoisotopic (exact) mass is 436 g/mol. The maximum atomic E-state index is 13.2. The van der Waals surface area contributed by atoms with Crippen LogP contribution in [0.5, 0.6) is 0 Å². The fraction of sp³-hybridized carbons (Fsp3) is 0.480. The van der Waals surface area contributed by atoms with Crippen molar-refractivity contribution in [3.8, 4) is 0 Å². The second kappa shape index (κ2) is 10.1. The van der Waals surface area contributed by atoms with E-state index in [1.165, 1.54) is 0 Å². The zero-order valence-electron chi connectivity index (χ0n) is 18.7. The SMILES string of the molecule is Cc1ccn(C2CCNCC2)c(=O)c1C(=O)Nc1cccc(C(=O)N2CCCCCC2)c1. The van der Waals surface area contributed by atoms with Crippen LogP contribution >= 0.6 is 0 Å². The van der Waals surface area contributed by atoms with E-state index < -0.39 is 5.91 Å². The third-order valence-electron chi connectivity index (χ3n) is 6.52. The number of nitrogens with zero attached hydrogens (tertiary/aromatic N) is 2. The largest absolute Gasteiger partial charge is 0.339 e. The molecule has 2 fully saturated rings. The first-order valence-electron chi connectivity index (χ1n) is 11.7. The molecule has 0 bridgehead atoms. The van der Waals surface area contributed by atoms with Crippen molar-refractivity contribution in [3.63, 3.8) is 0 Å². The van der Waals surface area contributed by atoms with Crippen molar-refractivity contribution in [1.82, 2.24) is 14.8 Å². The van der Waals surface area contributed by atoms with Crippen molar-refractivity contribution >= 4 is 17.5 Å². The normalized spacial score (nSPS) is 17.6. The molecule has 2 amide bonds. The van der Waals surface area contributed by atoms with Gasteiger partial charge in [-0.15, -0.1) is 0 Å². The molecular formula is C25H32N4O3. The molecule has 2 N–H and O–H groups in total. The highest BCUT2D eigenvalue weighted by atomic mass is 16.2. The van der Waals surface area contributed by atoms with Crippen LogP contribution in [-0.4, -0.2) is 47.5 Å². The smallest absolute Gasteiger partial charge is 0.263 e. The van der Waals surface area contributed by atoms with Gasteiger partial charge >= 0.3 is 0 Å². The lowest BCUT2D eigenvalue weighted by atomic mass is 10.0. The fourth-order valence-electron chi connectivity index (χ4n) is 4.67. The highest BCUT2D eigenvalue weighted by molar-refractivity contribution is 6.05. The summed E-state index contributed by atoms with van der Waals surface area (Å²) in [4.78, 5) is 41.1. The van der Waals surface area contributed by atoms with Gasteiger partial charge < -0.3 is 20.1 Å². The number of rotatable bonds is 4. The lowest BCUT2D eigenvalue weighted by molar-refractivity contribution is 0.0761. The Morgan fingerprint density at radius 2 is 1.75 bits per heavy atom. The van der Waals surface area contributed by atoms with E-state index in [0.717, 1.165) is 64.7 Å². The molecule has 2 aliphatic rings. The van der Waals surface area contributed by atoms with E-state index in [4.69, 9.17) is 0 Å². The number of benzene rings is 1. The molecule has 1 aromatic carbocycles. The Bertz CT molecular complexity index is 1030. The minimum Gasteiger partial charge on any atom is -0.339 e. The number of nitrogens with one attached hydrogen (secondary N) is 2. The van der Waals surface area contributed by atoms with Gasteiger partial charge in [0.1, 0.15) is 5.56 Å². The molecule has 0 unspecified atom stereocenters. The van der Waals surface area contributed by atoms with Crippen LogP contribution in [0.4, 0.5) is 5.69 Å². The maximum absolute atomic E-state index is 13.2. The molecule has 2 aliphatic heterocycles. The summed E-state index contributed by atoms with van der Waals surface area (Å²) in [5, 5.41) is 6.15. The van der Waals surface area contributed by atoms with Gasteiger partial charge in [-0.3, -0.25) is 14.4 Å². The number of carbonyl (C=O) groups excluding carboxylic acids is 2. The first-order chi connectivity index (χ1) is 15.5. The molecule has 32 heavy (non-hydrogen) atoms. The van der Waals surface area contributed by atoms with Crippen LogP contribution in [0.1, 0.15) is 70.8 Å². The van der Waals surface area contributed by atoms with E-state index in [0.29, 0.717) is 16.8 Å². The second-order valence-corrected chi connectivity index (χ2v) is 8.81. The van der Waals surface area contributed by atoms with Crippen molar-refractivity contribution in [3.05, 3.63) is 63.6 Å². The lowest BCUT2D eigenvalue weighted by Gasteiger charge is -2.25. The standard InChI is InChI=1S/C25H32N4O3/c1-18-11-16-29(21-9-12-26-13-10-21)25(32)22(18)23(30)27-20-8-6-7-19(17-20)24(31)28-14-4-2-3-5-15-28/h6-8,11,16-17,21,26H,2-5,9-10,12-15H2,1H3,(H,27,30). The van der Waals surface area contributed by atoms with Gasteiger partial charge in [-0.1, -0.05) is 18.9 Å². The van der Waals surface area contributed by atoms with Crippen LogP contribution in [-0.2, 0) is 0 Å². The predicted molar refractivity (Wildman–Crippen MR) is 125 cm³/mol. The van der Waals surface area contributed by atoms with Gasteiger partial charge in [0.25, 0.3) is 17.4 Å². The zero-order valence-corrected chi connectivity index (χ0v) is 18.7. The van der Waals surface area contributed by atoms with Gasteiger partial charge in [0.05, 0.1) is 0 Å². The third-order valence-corrected chi connectivity index (χ3v) is 6.52. The number of piperidine rings is 1. The molecule has 0 saturated carbocycles. The average Bonchev–Trinajstić information content (AvgIpc) is 3.09. The third kappa shape index (κ3) is 4.93. The van der Waals surface area contributed by atoms with Gasteiger partial charge in [0, 0.05) is 36.6 Å². The Morgan fingerprint density at radius 1 is 1.03 bits per heavy atom. The number of hydrogen-bond acceptors (Lipinski definition) is 4. The van der Waals surface area contributed by atoms with E-state index in [1.807, 2.05) is 11.0 Å². The predicted octanol–water partition coefficient (Wildman–Crippen LogP) is 3.35.